The van der Waals surface area contributed by atoms with Gasteiger partial charge in [-0.2, -0.15) is 4.31 Å². The topological polar surface area (TPSA) is 84.9 Å². The summed E-state index contributed by atoms with van der Waals surface area (Å²) in [7, 11) is -2.29. The van der Waals surface area contributed by atoms with Crippen LogP contribution in [0.1, 0.15) is 42.9 Å². The maximum absolute atomic E-state index is 13.2. The second kappa shape index (κ2) is 9.92. The van der Waals surface area contributed by atoms with Gasteiger partial charge in [0.1, 0.15) is 16.4 Å². The van der Waals surface area contributed by atoms with Gasteiger partial charge in [-0.25, -0.2) is 8.42 Å². The Hall–Kier alpha value is -2.58. The Morgan fingerprint density at radius 2 is 1.72 bits per heavy atom. The number of nitrogens with one attached hydrogen (secondary N) is 1. The molecule has 174 valence electrons. The Kier molecular flexibility index (Phi) is 7.46. The first-order valence-corrected chi connectivity index (χ1v) is 12.3. The van der Waals surface area contributed by atoms with Gasteiger partial charge in [0.05, 0.1) is 7.11 Å². The Morgan fingerprint density at radius 1 is 1.03 bits per heavy atom. The number of rotatable bonds is 7. The highest BCUT2D eigenvalue weighted by Gasteiger charge is 2.29. The normalized spacial score (nSPS) is 15.8. The molecule has 0 bridgehead atoms. The molecule has 7 nitrogen and oxygen atoms in total. The molecule has 2 aromatic rings. The lowest BCUT2D eigenvalue weighted by molar-refractivity contribution is -0.122. The van der Waals surface area contributed by atoms with Crippen molar-refractivity contribution in [2.45, 2.75) is 58.0 Å². The van der Waals surface area contributed by atoms with E-state index >= 15 is 0 Å². The molecule has 0 spiro atoms. The molecule has 0 aromatic heterocycles. The van der Waals surface area contributed by atoms with Crippen LogP contribution in [0, 0.1) is 20.8 Å². The molecule has 3 rings (SSSR count). The number of carbonyl (C=O) groups excluding carboxylic acids is 1. The van der Waals surface area contributed by atoms with Crippen LogP contribution in [-0.2, 0) is 14.8 Å². The number of benzene rings is 2. The minimum absolute atomic E-state index is 0.0541. The molecular formula is C24H32N2O5S. The van der Waals surface area contributed by atoms with Gasteiger partial charge in [-0.3, -0.25) is 4.79 Å². The lowest BCUT2D eigenvalue weighted by Gasteiger charge is -2.26. The number of aryl methyl sites for hydroxylation is 2. The van der Waals surface area contributed by atoms with E-state index in [1.807, 2.05) is 26.8 Å². The average molecular weight is 461 g/mol. The Labute approximate surface area is 190 Å². The highest BCUT2D eigenvalue weighted by atomic mass is 32.2. The Balaban J connectivity index is 1.80. The number of ether oxygens (including phenoxy) is 2. The fourth-order valence-corrected chi connectivity index (χ4v) is 5.51. The van der Waals surface area contributed by atoms with E-state index in [1.165, 1.54) is 17.5 Å². The van der Waals surface area contributed by atoms with Crippen molar-refractivity contribution in [3.63, 3.8) is 0 Å². The van der Waals surface area contributed by atoms with E-state index in [0.717, 1.165) is 36.0 Å². The van der Waals surface area contributed by atoms with Gasteiger partial charge in [0.2, 0.25) is 10.0 Å². The molecule has 0 radical (unpaired) electrons. The van der Waals surface area contributed by atoms with Crippen molar-refractivity contribution >= 4 is 21.6 Å². The van der Waals surface area contributed by atoms with Crippen LogP contribution in [0.5, 0.6) is 11.5 Å². The van der Waals surface area contributed by atoms with Gasteiger partial charge in [0.15, 0.2) is 6.10 Å². The van der Waals surface area contributed by atoms with Crippen molar-refractivity contribution in [2.75, 3.05) is 25.5 Å². The number of hydrogen-bond acceptors (Lipinski definition) is 5. The molecule has 8 heteroatoms. The average Bonchev–Trinajstić information content (AvgIpc) is 2.77. The lowest BCUT2D eigenvalue weighted by atomic mass is 10.1. The molecule has 0 saturated carbocycles. The summed E-state index contributed by atoms with van der Waals surface area (Å²) in [6.45, 7) is 8.58. The standard InChI is InChI=1S/C24H32N2O5S/c1-16-13-17(2)18(3)22(14-16)31-19(4)24(27)25-20-9-10-21(30-5)23(15-20)32(28,29)26-11-7-6-8-12-26/h9-10,13-15,19H,6-8,11-12H2,1-5H3,(H,25,27)/t19-/m1/s1. The number of piperidine rings is 1. The predicted octanol–water partition coefficient (Wildman–Crippen LogP) is 4.20. The van der Waals surface area contributed by atoms with Crippen LogP contribution in [0.25, 0.3) is 0 Å². The number of amides is 1. The second-order valence-electron chi connectivity index (χ2n) is 8.28. The fourth-order valence-electron chi connectivity index (χ4n) is 3.81. The molecule has 1 aliphatic heterocycles. The van der Waals surface area contributed by atoms with Crippen LogP contribution in [0.15, 0.2) is 35.2 Å². The van der Waals surface area contributed by atoms with Gasteiger partial charge in [-0.05, 0) is 81.5 Å². The minimum atomic E-state index is -3.72. The zero-order chi connectivity index (χ0) is 23.5. The van der Waals surface area contributed by atoms with Gasteiger partial charge < -0.3 is 14.8 Å². The first-order chi connectivity index (χ1) is 15.1. The van der Waals surface area contributed by atoms with Crippen molar-refractivity contribution < 1.29 is 22.7 Å². The van der Waals surface area contributed by atoms with Crippen molar-refractivity contribution in [3.05, 3.63) is 47.0 Å². The van der Waals surface area contributed by atoms with Crippen LogP contribution >= 0.6 is 0 Å². The molecule has 1 heterocycles. The summed E-state index contributed by atoms with van der Waals surface area (Å²) < 4.78 is 39.1. The van der Waals surface area contributed by atoms with Crippen molar-refractivity contribution in [1.29, 1.82) is 0 Å². The summed E-state index contributed by atoms with van der Waals surface area (Å²) in [5.41, 5.74) is 3.50. The van der Waals surface area contributed by atoms with Crippen molar-refractivity contribution in [2.24, 2.45) is 0 Å². The molecule has 1 N–H and O–H groups in total. The molecule has 0 aliphatic carbocycles. The molecule has 1 aliphatic rings. The molecule has 1 saturated heterocycles. The number of sulfonamides is 1. The van der Waals surface area contributed by atoms with E-state index in [0.29, 0.717) is 24.5 Å². The second-order valence-corrected chi connectivity index (χ2v) is 10.2. The first kappa shape index (κ1) is 24.1. The highest BCUT2D eigenvalue weighted by Crippen LogP contribution is 2.31. The number of methoxy groups -OCH3 is 1. The summed E-state index contributed by atoms with van der Waals surface area (Å²) in [5, 5.41) is 2.77. The van der Waals surface area contributed by atoms with E-state index in [2.05, 4.69) is 11.4 Å². The molecule has 1 amide bonds. The number of nitrogens with zero attached hydrogens (tertiary/aromatic N) is 1. The van der Waals surface area contributed by atoms with E-state index in [1.54, 1.807) is 19.1 Å². The summed E-state index contributed by atoms with van der Waals surface area (Å²) in [4.78, 5) is 12.8. The quantitative estimate of drug-likeness (QED) is 0.669. The predicted molar refractivity (Wildman–Crippen MR) is 125 cm³/mol. The van der Waals surface area contributed by atoms with Gasteiger partial charge >= 0.3 is 0 Å². The molecule has 0 unspecified atom stereocenters. The van der Waals surface area contributed by atoms with Crippen molar-refractivity contribution in [3.8, 4) is 11.5 Å². The lowest BCUT2D eigenvalue weighted by Crippen LogP contribution is -2.36. The Morgan fingerprint density at radius 3 is 2.38 bits per heavy atom. The molecule has 2 aromatic carbocycles. The number of anilines is 1. The smallest absolute Gasteiger partial charge is 0.265 e. The highest BCUT2D eigenvalue weighted by molar-refractivity contribution is 7.89. The van der Waals surface area contributed by atoms with Crippen LogP contribution in [-0.4, -0.2) is 44.9 Å². The van der Waals surface area contributed by atoms with Crippen LogP contribution < -0.4 is 14.8 Å². The van der Waals surface area contributed by atoms with Gasteiger partial charge in [-0.15, -0.1) is 0 Å². The van der Waals surface area contributed by atoms with E-state index in [9.17, 15) is 13.2 Å². The van der Waals surface area contributed by atoms with Gasteiger partial charge in [0, 0.05) is 18.8 Å². The summed E-state index contributed by atoms with van der Waals surface area (Å²) >= 11 is 0. The number of carbonyl (C=O) groups is 1. The van der Waals surface area contributed by atoms with E-state index in [4.69, 9.17) is 9.47 Å². The maximum Gasteiger partial charge on any atom is 0.265 e. The first-order valence-electron chi connectivity index (χ1n) is 10.9. The van der Waals surface area contributed by atoms with Crippen molar-refractivity contribution in [1.82, 2.24) is 4.31 Å². The molecular weight excluding hydrogens is 428 g/mol. The van der Waals surface area contributed by atoms with Crippen LogP contribution in [0.2, 0.25) is 0 Å². The zero-order valence-electron chi connectivity index (χ0n) is 19.4. The number of hydrogen-bond donors (Lipinski definition) is 1. The van der Waals surface area contributed by atoms with Gasteiger partial charge in [0.25, 0.3) is 5.91 Å². The van der Waals surface area contributed by atoms with Crippen LogP contribution in [0.3, 0.4) is 0 Å². The monoisotopic (exact) mass is 460 g/mol. The van der Waals surface area contributed by atoms with Gasteiger partial charge in [-0.1, -0.05) is 12.5 Å². The summed E-state index contributed by atoms with van der Waals surface area (Å²) in [6, 6.07) is 8.61. The SMILES string of the molecule is COc1ccc(NC(=O)[C@@H](C)Oc2cc(C)cc(C)c2C)cc1S(=O)(=O)N1CCCCC1. The van der Waals surface area contributed by atoms with Crippen LogP contribution in [0.4, 0.5) is 5.69 Å². The van der Waals surface area contributed by atoms with E-state index in [-0.39, 0.29) is 16.6 Å². The third kappa shape index (κ3) is 5.24. The van der Waals surface area contributed by atoms with E-state index < -0.39 is 16.1 Å². The molecule has 1 fully saturated rings. The third-order valence-electron chi connectivity index (χ3n) is 5.80. The molecule has 1 atom stereocenters. The maximum atomic E-state index is 13.2. The zero-order valence-corrected chi connectivity index (χ0v) is 20.2. The summed E-state index contributed by atoms with van der Waals surface area (Å²) in [5.74, 6) is 0.548. The fraction of sp³-hybridized carbons (Fsp3) is 0.458. The minimum Gasteiger partial charge on any atom is -0.495 e. The Bertz CT molecular complexity index is 1090. The summed E-state index contributed by atoms with van der Waals surface area (Å²) in [6.07, 6.45) is 1.94. The third-order valence-corrected chi connectivity index (χ3v) is 7.72. The molecule has 32 heavy (non-hydrogen) atoms. The largest absolute Gasteiger partial charge is 0.495 e.